The SMILES string of the molecule is CC(C)(CC1CC2(CCCCC2)NN1)C(N)=O. The molecule has 0 aromatic rings. The second-order valence-corrected chi connectivity index (χ2v) is 6.46. The summed E-state index contributed by atoms with van der Waals surface area (Å²) in [5.74, 6) is -0.205. The van der Waals surface area contributed by atoms with E-state index in [0.717, 1.165) is 12.8 Å². The number of rotatable bonds is 3. The van der Waals surface area contributed by atoms with Crippen molar-refractivity contribution in [3.63, 3.8) is 0 Å². The summed E-state index contributed by atoms with van der Waals surface area (Å²) in [5, 5.41) is 0. The number of primary amides is 1. The van der Waals surface area contributed by atoms with Crippen molar-refractivity contribution in [2.45, 2.75) is 70.4 Å². The molecule has 4 heteroatoms. The van der Waals surface area contributed by atoms with E-state index in [1.165, 1.54) is 32.1 Å². The summed E-state index contributed by atoms with van der Waals surface area (Å²) in [6.45, 7) is 3.87. The molecule has 2 rings (SSSR count). The lowest BCUT2D eigenvalue weighted by atomic mass is 9.76. The molecule has 4 N–H and O–H groups in total. The second-order valence-electron chi connectivity index (χ2n) is 6.46. The van der Waals surface area contributed by atoms with E-state index in [9.17, 15) is 4.79 Å². The van der Waals surface area contributed by atoms with Gasteiger partial charge in [-0.3, -0.25) is 15.6 Å². The van der Waals surface area contributed by atoms with Crippen LogP contribution in [-0.2, 0) is 4.79 Å². The molecule has 2 fully saturated rings. The summed E-state index contributed by atoms with van der Waals surface area (Å²) in [5.41, 5.74) is 12.2. The molecule has 1 heterocycles. The highest BCUT2D eigenvalue weighted by Crippen LogP contribution is 2.37. The fraction of sp³-hybridized carbons (Fsp3) is 0.923. The number of hydrazine groups is 1. The molecule has 1 aliphatic heterocycles. The molecule has 0 aromatic heterocycles. The predicted octanol–water partition coefficient (Wildman–Crippen LogP) is 1.46. The number of amides is 1. The zero-order valence-electron chi connectivity index (χ0n) is 11.0. The van der Waals surface area contributed by atoms with Crippen LogP contribution in [0, 0.1) is 5.41 Å². The van der Waals surface area contributed by atoms with Crippen LogP contribution < -0.4 is 16.6 Å². The molecule has 1 aliphatic carbocycles. The molecular formula is C13H25N3O. The Morgan fingerprint density at radius 3 is 2.59 bits per heavy atom. The number of carbonyl (C=O) groups excluding carboxylic acids is 1. The van der Waals surface area contributed by atoms with Crippen molar-refractivity contribution in [2.75, 3.05) is 0 Å². The van der Waals surface area contributed by atoms with Crippen molar-refractivity contribution >= 4 is 5.91 Å². The molecule has 1 saturated carbocycles. The first-order valence-corrected chi connectivity index (χ1v) is 6.76. The van der Waals surface area contributed by atoms with Crippen LogP contribution in [0.25, 0.3) is 0 Å². The average Bonchev–Trinajstić information content (AvgIpc) is 2.61. The Morgan fingerprint density at radius 2 is 2.00 bits per heavy atom. The maximum atomic E-state index is 11.4. The van der Waals surface area contributed by atoms with Gasteiger partial charge in [0.1, 0.15) is 0 Å². The molecule has 1 amide bonds. The quantitative estimate of drug-likeness (QED) is 0.698. The van der Waals surface area contributed by atoms with Crippen LogP contribution in [0.15, 0.2) is 0 Å². The van der Waals surface area contributed by atoms with Crippen LogP contribution in [0.4, 0.5) is 0 Å². The van der Waals surface area contributed by atoms with Crippen molar-refractivity contribution in [3.8, 4) is 0 Å². The lowest BCUT2D eigenvalue weighted by Crippen LogP contribution is -2.45. The lowest BCUT2D eigenvalue weighted by molar-refractivity contribution is -0.126. The molecule has 0 aromatic carbocycles. The Hall–Kier alpha value is -0.610. The van der Waals surface area contributed by atoms with E-state index in [0.29, 0.717) is 6.04 Å². The third kappa shape index (κ3) is 2.80. The Labute approximate surface area is 104 Å². The zero-order chi connectivity index (χ0) is 12.5. The maximum absolute atomic E-state index is 11.4. The van der Waals surface area contributed by atoms with Crippen LogP contribution in [0.5, 0.6) is 0 Å². The van der Waals surface area contributed by atoms with Gasteiger partial charge in [0.15, 0.2) is 0 Å². The van der Waals surface area contributed by atoms with Gasteiger partial charge in [0, 0.05) is 17.0 Å². The minimum atomic E-state index is -0.417. The Morgan fingerprint density at radius 1 is 1.35 bits per heavy atom. The maximum Gasteiger partial charge on any atom is 0.223 e. The predicted molar refractivity (Wildman–Crippen MR) is 68.1 cm³/mol. The summed E-state index contributed by atoms with van der Waals surface area (Å²) in [6, 6.07) is 0.371. The summed E-state index contributed by atoms with van der Waals surface area (Å²) >= 11 is 0. The van der Waals surface area contributed by atoms with Gasteiger partial charge in [-0.05, 0) is 25.7 Å². The van der Waals surface area contributed by atoms with Gasteiger partial charge in [-0.1, -0.05) is 33.1 Å². The first-order chi connectivity index (χ1) is 7.94. The highest BCUT2D eigenvalue weighted by atomic mass is 16.1. The number of nitrogens with one attached hydrogen (secondary N) is 2. The van der Waals surface area contributed by atoms with Gasteiger partial charge in [0.25, 0.3) is 0 Å². The van der Waals surface area contributed by atoms with Crippen LogP contribution in [0.3, 0.4) is 0 Å². The number of nitrogens with two attached hydrogens (primary N) is 1. The Kier molecular flexibility index (Phi) is 3.46. The van der Waals surface area contributed by atoms with Crippen molar-refractivity contribution < 1.29 is 4.79 Å². The summed E-state index contributed by atoms with van der Waals surface area (Å²) in [7, 11) is 0. The normalized spacial score (nSPS) is 28.5. The summed E-state index contributed by atoms with van der Waals surface area (Å²) in [4.78, 5) is 11.4. The Bertz CT molecular complexity index is 295. The minimum absolute atomic E-state index is 0.205. The van der Waals surface area contributed by atoms with E-state index in [4.69, 9.17) is 5.73 Å². The Balaban J connectivity index is 1.91. The molecule has 0 bridgehead atoms. The van der Waals surface area contributed by atoms with Crippen LogP contribution in [0.2, 0.25) is 0 Å². The fourth-order valence-electron chi connectivity index (χ4n) is 3.23. The zero-order valence-corrected chi connectivity index (χ0v) is 11.0. The molecule has 1 atom stereocenters. The van der Waals surface area contributed by atoms with Gasteiger partial charge >= 0.3 is 0 Å². The third-order valence-corrected chi connectivity index (χ3v) is 4.41. The largest absolute Gasteiger partial charge is 0.369 e. The van der Waals surface area contributed by atoms with Crippen LogP contribution in [-0.4, -0.2) is 17.5 Å². The number of hydrogen-bond acceptors (Lipinski definition) is 3. The van der Waals surface area contributed by atoms with Gasteiger partial charge in [0.2, 0.25) is 5.91 Å². The van der Waals surface area contributed by atoms with E-state index in [1.807, 2.05) is 13.8 Å². The average molecular weight is 239 g/mol. The van der Waals surface area contributed by atoms with Crippen molar-refractivity contribution in [1.29, 1.82) is 0 Å². The van der Waals surface area contributed by atoms with Gasteiger partial charge < -0.3 is 5.73 Å². The van der Waals surface area contributed by atoms with E-state index in [-0.39, 0.29) is 11.4 Å². The topological polar surface area (TPSA) is 67.2 Å². The first kappa shape index (κ1) is 12.8. The van der Waals surface area contributed by atoms with E-state index >= 15 is 0 Å². The molecule has 0 radical (unpaired) electrons. The molecular weight excluding hydrogens is 214 g/mol. The molecule has 98 valence electrons. The monoisotopic (exact) mass is 239 g/mol. The molecule has 1 saturated heterocycles. The van der Waals surface area contributed by atoms with Crippen molar-refractivity contribution in [2.24, 2.45) is 11.1 Å². The molecule has 17 heavy (non-hydrogen) atoms. The van der Waals surface area contributed by atoms with Gasteiger partial charge in [-0.15, -0.1) is 0 Å². The van der Waals surface area contributed by atoms with E-state index in [2.05, 4.69) is 10.9 Å². The summed E-state index contributed by atoms with van der Waals surface area (Å²) in [6.07, 6.45) is 8.46. The minimum Gasteiger partial charge on any atom is -0.369 e. The molecule has 2 aliphatic rings. The second kappa shape index (κ2) is 4.58. The summed E-state index contributed by atoms with van der Waals surface area (Å²) < 4.78 is 0. The van der Waals surface area contributed by atoms with Crippen LogP contribution in [0.1, 0.15) is 58.8 Å². The highest BCUT2D eigenvalue weighted by Gasteiger charge is 2.41. The fourth-order valence-corrected chi connectivity index (χ4v) is 3.23. The third-order valence-electron chi connectivity index (χ3n) is 4.41. The van der Waals surface area contributed by atoms with Crippen molar-refractivity contribution in [1.82, 2.24) is 10.9 Å². The van der Waals surface area contributed by atoms with E-state index in [1.54, 1.807) is 0 Å². The van der Waals surface area contributed by atoms with Crippen molar-refractivity contribution in [3.05, 3.63) is 0 Å². The lowest BCUT2D eigenvalue weighted by Gasteiger charge is -2.33. The highest BCUT2D eigenvalue weighted by molar-refractivity contribution is 5.79. The standard InChI is InChI=1S/C13H25N3O/c1-12(2,11(14)17)8-10-9-13(16-15-10)6-4-3-5-7-13/h10,15-16H,3-9H2,1-2H3,(H2,14,17). The molecule has 4 nitrogen and oxygen atoms in total. The van der Waals surface area contributed by atoms with E-state index < -0.39 is 5.41 Å². The first-order valence-electron chi connectivity index (χ1n) is 6.76. The smallest absolute Gasteiger partial charge is 0.223 e. The van der Waals surface area contributed by atoms with Gasteiger partial charge in [0.05, 0.1) is 0 Å². The van der Waals surface area contributed by atoms with Gasteiger partial charge in [-0.25, -0.2) is 0 Å². The number of hydrogen-bond donors (Lipinski definition) is 3. The number of carbonyl (C=O) groups is 1. The van der Waals surface area contributed by atoms with Gasteiger partial charge in [-0.2, -0.15) is 0 Å². The van der Waals surface area contributed by atoms with Crippen LogP contribution >= 0.6 is 0 Å². The molecule has 1 spiro atoms. The molecule has 1 unspecified atom stereocenters.